The molecule has 0 aliphatic heterocycles. The number of benzene rings is 1. The Balaban J connectivity index is 2.92. The molecule has 0 aromatic heterocycles. The van der Waals surface area contributed by atoms with E-state index >= 15 is 0 Å². The minimum absolute atomic E-state index is 0.351. The molecular formula is C11H12O2. The van der Waals surface area contributed by atoms with Gasteiger partial charge < -0.3 is 5.11 Å². The van der Waals surface area contributed by atoms with Gasteiger partial charge in [0.2, 0.25) is 0 Å². The summed E-state index contributed by atoms with van der Waals surface area (Å²) in [6.45, 7) is 3.58. The molecule has 0 radical (unpaired) electrons. The van der Waals surface area contributed by atoms with Gasteiger partial charge in [0.15, 0.2) is 0 Å². The van der Waals surface area contributed by atoms with Gasteiger partial charge in [-0.2, -0.15) is 0 Å². The first-order valence-corrected chi connectivity index (χ1v) is 4.08. The molecule has 2 nitrogen and oxygen atoms in total. The maximum atomic E-state index is 10.5. The second kappa shape index (κ2) is 3.90. The molecule has 1 aromatic rings. The smallest absolute Gasteiger partial charge is 0.331 e. The molecule has 0 amide bonds. The number of carboxylic acid groups (broad SMARTS) is 1. The molecule has 0 bridgehead atoms. The zero-order chi connectivity index (χ0) is 9.84. The van der Waals surface area contributed by atoms with Crippen molar-refractivity contribution in [2.24, 2.45) is 0 Å². The predicted molar refractivity (Wildman–Crippen MR) is 52.5 cm³/mol. The highest BCUT2D eigenvalue weighted by Crippen LogP contribution is 2.08. The van der Waals surface area contributed by atoms with Gasteiger partial charge in [-0.15, -0.1) is 0 Å². The molecule has 0 atom stereocenters. The summed E-state index contributed by atoms with van der Waals surface area (Å²) in [6.07, 6.45) is 1.65. The lowest BCUT2D eigenvalue weighted by Gasteiger charge is -1.96. The molecule has 0 saturated heterocycles. The van der Waals surface area contributed by atoms with E-state index in [0.717, 1.165) is 5.56 Å². The van der Waals surface area contributed by atoms with Crippen LogP contribution in [-0.2, 0) is 4.79 Å². The molecule has 0 saturated carbocycles. The van der Waals surface area contributed by atoms with Crippen LogP contribution in [0.1, 0.15) is 18.1 Å². The fraction of sp³-hybridized carbons (Fsp3) is 0.182. The van der Waals surface area contributed by atoms with Crippen LogP contribution in [0.3, 0.4) is 0 Å². The average Bonchev–Trinajstić information content (AvgIpc) is 2.08. The predicted octanol–water partition coefficient (Wildman–Crippen LogP) is 2.48. The van der Waals surface area contributed by atoms with Crippen molar-refractivity contribution in [3.05, 3.63) is 41.0 Å². The average molecular weight is 176 g/mol. The van der Waals surface area contributed by atoms with Crippen LogP contribution in [0.25, 0.3) is 6.08 Å². The van der Waals surface area contributed by atoms with Crippen molar-refractivity contribution in [1.82, 2.24) is 0 Å². The third-order valence-electron chi connectivity index (χ3n) is 1.80. The Hall–Kier alpha value is -1.57. The van der Waals surface area contributed by atoms with E-state index in [1.54, 1.807) is 13.0 Å². The van der Waals surface area contributed by atoms with E-state index in [0.29, 0.717) is 5.57 Å². The fourth-order valence-electron chi connectivity index (χ4n) is 0.974. The molecule has 2 heteroatoms. The Morgan fingerprint density at radius 3 is 2.31 bits per heavy atom. The molecule has 1 rings (SSSR count). The zero-order valence-electron chi connectivity index (χ0n) is 7.74. The maximum Gasteiger partial charge on any atom is 0.331 e. The van der Waals surface area contributed by atoms with Gasteiger partial charge >= 0.3 is 5.97 Å². The number of carbonyl (C=O) groups is 1. The normalized spacial score (nSPS) is 11.4. The quantitative estimate of drug-likeness (QED) is 0.703. The summed E-state index contributed by atoms with van der Waals surface area (Å²) in [7, 11) is 0. The number of aryl methyl sites for hydroxylation is 1. The molecule has 0 spiro atoms. The number of aliphatic carboxylic acids is 1. The summed E-state index contributed by atoms with van der Waals surface area (Å²) in [5, 5.41) is 8.63. The SMILES string of the molecule is C/C(=C\c1ccc(C)cc1)C(=O)O. The monoisotopic (exact) mass is 176 g/mol. The van der Waals surface area contributed by atoms with Gasteiger partial charge in [0.25, 0.3) is 0 Å². The molecular weight excluding hydrogens is 164 g/mol. The van der Waals surface area contributed by atoms with E-state index in [1.807, 2.05) is 31.2 Å². The summed E-state index contributed by atoms with van der Waals surface area (Å²) in [5.41, 5.74) is 2.44. The van der Waals surface area contributed by atoms with Gasteiger partial charge in [-0.25, -0.2) is 4.79 Å². The van der Waals surface area contributed by atoms with Gasteiger partial charge in [-0.05, 0) is 25.5 Å². The Morgan fingerprint density at radius 2 is 1.85 bits per heavy atom. The highest BCUT2D eigenvalue weighted by Gasteiger charge is 1.98. The molecule has 1 aromatic carbocycles. The summed E-state index contributed by atoms with van der Waals surface area (Å²) in [4.78, 5) is 10.5. The number of rotatable bonds is 2. The Labute approximate surface area is 77.5 Å². The summed E-state index contributed by atoms with van der Waals surface area (Å²) in [6, 6.07) is 7.73. The van der Waals surface area contributed by atoms with Crippen LogP contribution in [0.5, 0.6) is 0 Å². The maximum absolute atomic E-state index is 10.5. The molecule has 1 N–H and O–H groups in total. The van der Waals surface area contributed by atoms with Gasteiger partial charge in [0.1, 0.15) is 0 Å². The number of carboxylic acids is 1. The molecule has 0 heterocycles. The third kappa shape index (κ3) is 2.75. The van der Waals surface area contributed by atoms with Gasteiger partial charge in [0.05, 0.1) is 0 Å². The molecule has 0 fully saturated rings. The first kappa shape index (κ1) is 9.52. The van der Waals surface area contributed by atoms with Crippen molar-refractivity contribution >= 4 is 12.0 Å². The molecule has 0 aliphatic rings. The second-order valence-electron chi connectivity index (χ2n) is 3.04. The topological polar surface area (TPSA) is 37.3 Å². The minimum Gasteiger partial charge on any atom is -0.478 e. The van der Waals surface area contributed by atoms with E-state index in [1.165, 1.54) is 5.56 Å². The number of hydrogen-bond acceptors (Lipinski definition) is 1. The van der Waals surface area contributed by atoms with Crippen LogP contribution in [0, 0.1) is 6.92 Å². The summed E-state index contributed by atoms with van der Waals surface area (Å²) in [5.74, 6) is -0.874. The molecule has 0 aliphatic carbocycles. The summed E-state index contributed by atoms with van der Waals surface area (Å²) >= 11 is 0. The van der Waals surface area contributed by atoms with Crippen molar-refractivity contribution in [1.29, 1.82) is 0 Å². The fourth-order valence-corrected chi connectivity index (χ4v) is 0.974. The molecule has 13 heavy (non-hydrogen) atoms. The van der Waals surface area contributed by atoms with Crippen LogP contribution < -0.4 is 0 Å². The van der Waals surface area contributed by atoms with Crippen molar-refractivity contribution in [2.45, 2.75) is 13.8 Å². The van der Waals surface area contributed by atoms with Gasteiger partial charge in [-0.1, -0.05) is 29.8 Å². The lowest BCUT2D eigenvalue weighted by Crippen LogP contribution is -1.95. The van der Waals surface area contributed by atoms with E-state index in [-0.39, 0.29) is 0 Å². The van der Waals surface area contributed by atoms with Crippen LogP contribution in [0.15, 0.2) is 29.8 Å². The highest BCUT2D eigenvalue weighted by atomic mass is 16.4. The Kier molecular flexibility index (Phi) is 2.85. The first-order chi connectivity index (χ1) is 6.09. The van der Waals surface area contributed by atoms with E-state index in [9.17, 15) is 4.79 Å². The van der Waals surface area contributed by atoms with Crippen LogP contribution >= 0.6 is 0 Å². The van der Waals surface area contributed by atoms with Crippen LogP contribution in [0.4, 0.5) is 0 Å². The Morgan fingerprint density at radius 1 is 1.31 bits per heavy atom. The van der Waals surface area contributed by atoms with Crippen molar-refractivity contribution in [3.8, 4) is 0 Å². The number of hydrogen-bond donors (Lipinski definition) is 1. The van der Waals surface area contributed by atoms with E-state index in [2.05, 4.69) is 0 Å². The van der Waals surface area contributed by atoms with Crippen molar-refractivity contribution in [3.63, 3.8) is 0 Å². The van der Waals surface area contributed by atoms with Gasteiger partial charge in [0, 0.05) is 5.57 Å². The highest BCUT2D eigenvalue weighted by molar-refractivity contribution is 5.91. The van der Waals surface area contributed by atoms with E-state index in [4.69, 9.17) is 5.11 Å². The standard InChI is InChI=1S/C11H12O2/c1-8-3-5-10(6-4-8)7-9(2)11(12)13/h3-7H,1-2H3,(H,12,13)/b9-7+. The third-order valence-corrected chi connectivity index (χ3v) is 1.80. The minimum atomic E-state index is -0.874. The summed E-state index contributed by atoms with van der Waals surface area (Å²) < 4.78 is 0. The van der Waals surface area contributed by atoms with Crippen LogP contribution in [0.2, 0.25) is 0 Å². The Bertz CT molecular complexity index is 334. The second-order valence-corrected chi connectivity index (χ2v) is 3.04. The first-order valence-electron chi connectivity index (χ1n) is 4.08. The molecule has 68 valence electrons. The zero-order valence-corrected chi connectivity index (χ0v) is 7.74. The lowest BCUT2D eigenvalue weighted by atomic mass is 10.1. The van der Waals surface area contributed by atoms with Crippen molar-refractivity contribution in [2.75, 3.05) is 0 Å². The van der Waals surface area contributed by atoms with Gasteiger partial charge in [-0.3, -0.25) is 0 Å². The van der Waals surface area contributed by atoms with Crippen molar-refractivity contribution < 1.29 is 9.90 Å². The van der Waals surface area contributed by atoms with E-state index < -0.39 is 5.97 Å². The lowest BCUT2D eigenvalue weighted by molar-refractivity contribution is -0.132. The van der Waals surface area contributed by atoms with Crippen LogP contribution in [-0.4, -0.2) is 11.1 Å². The molecule has 0 unspecified atom stereocenters. The largest absolute Gasteiger partial charge is 0.478 e.